The van der Waals surface area contributed by atoms with Crippen LogP contribution in [0.25, 0.3) is 10.9 Å². The van der Waals surface area contributed by atoms with Crippen molar-refractivity contribution in [2.75, 3.05) is 13.1 Å². The van der Waals surface area contributed by atoms with E-state index in [1.54, 1.807) is 12.3 Å². The second-order valence-corrected chi connectivity index (χ2v) is 5.89. The molecule has 24 heavy (non-hydrogen) atoms. The first-order valence-corrected chi connectivity index (χ1v) is 7.93. The van der Waals surface area contributed by atoms with Gasteiger partial charge in [-0.15, -0.1) is 0 Å². The van der Waals surface area contributed by atoms with Gasteiger partial charge in [0.2, 0.25) is 5.91 Å². The van der Waals surface area contributed by atoms with Crippen molar-refractivity contribution in [1.29, 1.82) is 5.26 Å². The van der Waals surface area contributed by atoms with Crippen molar-refractivity contribution in [3.63, 3.8) is 0 Å². The fraction of sp³-hybridized carbons (Fsp3) is 0.333. The molecule has 1 saturated heterocycles. The Morgan fingerprint density at radius 3 is 3.04 bits per heavy atom. The zero-order valence-electron chi connectivity index (χ0n) is 13.5. The van der Waals surface area contributed by atoms with Crippen LogP contribution >= 0.6 is 0 Å². The first-order chi connectivity index (χ1) is 11.6. The van der Waals surface area contributed by atoms with Gasteiger partial charge in [-0.3, -0.25) is 14.6 Å². The maximum Gasteiger partial charge on any atom is 0.252 e. The van der Waals surface area contributed by atoms with E-state index in [-0.39, 0.29) is 24.4 Å². The van der Waals surface area contributed by atoms with Crippen LogP contribution in [0.1, 0.15) is 28.8 Å². The summed E-state index contributed by atoms with van der Waals surface area (Å²) in [6.07, 6.45) is 3.12. The number of rotatable bonds is 3. The molecule has 1 aliphatic heterocycles. The van der Waals surface area contributed by atoms with E-state index in [1.807, 2.05) is 25.1 Å². The average molecular weight is 322 g/mol. The summed E-state index contributed by atoms with van der Waals surface area (Å²) in [7, 11) is 0. The average Bonchev–Trinajstić information content (AvgIpc) is 3.08. The van der Waals surface area contributed by atoms with E-state index >= 15 is 0 Å². The molecule has 0 saturated carbocycles. The molecule has 1 aliphatic rings. The number of amides is 2. The summed E-state index contributed by atoms with van der Waals surface area (Å²) in [5.41, 5.74) is 2.27. The molecule has 2 heterocycles. The number of aryl methyl sites for hydroxylation is 1. The van der Waals surface area contributed by atoms with Gasteiger partial charge in [0.05, 0.1) is 23.7 Å². The third kappa shape index (κ3) is 2.93. The van der Waals surface area contributed by atoms with Crippen LogP contribution in [0.5, 0.6) is 0 Å². The minimum Gasteiger partial charge on any atom is -0.343 e. The molecular formula is C18H18N4O2. The third-order valence-corrected chi connectivity index (χ3v) is 4.34. The Labute approximate surface area is 140 Å². The Morgan fingerprint density at radius 2 is 2.25 bits per heavy atom. The Hall–Kier alpha value is -2.94. The molecule has 1 aromatic carbocycles. The number of carbonyl (C=O) groups is 2. The number of benzene rings is 1. The van der Waals surface area contributed by atoms with Crippen LogP contribution in [0, 0.1) is 18.3 Å². The fourth-order valence-electron chi connectivity index (χ4n) is 3.07. The number of nitrogens with zero attached hydrogens (tertiary/aromatic N) is 3. The van der Waals surface area contributed by atoms with Gasteiger partial charge in [-0.1, -0.05) is 18.2 Å². The summed E-state index contributed by atoms with van der Waals surface area (Å²) < 4.78 is 0. The quantitative estimate of drug-likeness (QED) is 0.933. The van der Waals surface area contributed by atoms with Crippen LogP contribution in [0.2, 0.25) is 0 Å². The monoisotopic (exact) mass is 322 g/mol. The molecule has 0 radical (unpaired) electrons. The zero-order chi connectivity index (χ0) is 17.1. The highest BCUT2D eigenvalue weighted by molar-refractivity contribution is 6.07. The van der Waals surface area contributed by atoms with Crippen LogP contribution in [-0.4, -0.2) is 40.8 Å². The van der Waals surface area contributed by atoms with E-state index in [1.165, 1.54) is 4.90 Å². The third-order valence-electron chi connectivity index (χ3n) is 4.34. The Morgan fingerprint density at radius 1 is 1.42 bits per heavy atom. The number of nitriles is 1. The molecule has 1 fully saturated rings. The lowest BCUT2D eigenvalue weighted by molar-refractivity contribution is -0.130. The topological polar surface area (TPSA) is 86.1 Å². The molecule has 1 atom stereocenters. The number of likely N-dealkylation sites (tertiary alicyclic amines) is 1. The van der Waals surface area contributed by atoms with E-state index in [2.05, 4.69) is 16.4 Å². The van der Waals surface area contributed by atoms with Crippen molar-refractivity contribution in [3.8, 4) is 6.07 Å². The SMILES string of the molecule is Cc1cccc2c(C(=O)NCC(=O)N3CCC[C@H]3C#N)ccnc12. The van der Waals surface area contributed by atoms with Gasteiger partial charge in [0.25, 0.3) is 5.91 Å². The van der Waals surface area contributed by atoms with Crippen molar-refractivity contribution in [1.82, 2.24) is 15.2 Å². The Bertz CT molecular complexity index is 841. The van der Waals surface area contributed by atoms with Crippen molar-refractivity contribution in [2.45, 2.75) is 25.8 Å². The lowest BCUT2D eigenvalue weighted by atomic mass is 10.1. The largest absolute Gasteiger partial charge is 0.343 e. The molecule has 0 bridgehead atoms. The van der Waals surface area contributed by atoms with Crippen LogP contribution < -0.4 is 5.32 Å². The van der Waals surface area contributed by atoms with E-state index in [4.69, 9.17) is 5.26 Å². The van der Waals surface area contributed by atoms with Crippen LogP contribution in [0.15, 0.2) is 30.5 Å². The summed E-state index contributed by atoms with van der Waals surface area (Å²) in [5.74, 6) is -0.531. The molecule has 3 rings (SSSR count). The summed E-state index contributed by atoms with van der Waals surface area (Å²) in [5, 5.41) is 12.5. The predicted octanol–water partition coefficient (Wildman–Crippen LogP) is 1.79. The lowest BCUT2D eigenvalue weighted by Crippen LogP contribution is -2.42. The standard InChI is InChI=1S/C18H18N4O2/c1-12-4-2-6-14-15(7-8-20-17(12)14)18(24)21-11-16(23)22-9-3-5-13(22)10-19/h2,4,6-8,13H,3,5,9,11H2,1H3,(H,21,24)/t13-/m0/s1. The van der Waals surface area contributed by atoms with Crippen LogP contribution in [0.3, 0.4) is 0 Å². The highest BCUT2D eigenvalue weighted by atomic mass is 16.2. The molecule has 122 valence electrons. The van der Waals surface area contributed by atoms with Crippen molar-refractivity contribution < 1.29 is 9.59 Å². The molecule has 0 unspecified atom stereocenters. The molecular weight excluding hydrogens is 304 g/mol. The van der Waals surface area contributed by atoms with E-state index in [9.17, 15) is 9.59 Å². The van der Waals surface area contributed by atoms with E-state index < -0.39 is 0 Å². The maximum absolute atomic E-state index is 12.5. The van der Waals surface area contributed by atoms with Crippen LogP contribution in [0.4, 0.5) is 0 Å². The smallest absolute Gasteiger partial charge is 0.252 e. The molecule has 2 aromatic rings. The van der Waals surface area contributed by atoms with Crippen molar-refractivity contribution >= 4 is 22.7 Å². The molecule has 1 aromatic heterocycles. The fourth-order valence-corrected chi connectivity index (χ4v) is 3.07. The number of para-hydroxylation sites is 1. The number of hydrogen-bond donors (Lipinski definition) is 1. The minimum absolute atomic E-state index is 0.105. The summed E-state index contributed by atoms with van der Waals surface area (Å²) in [6.45, 7) is 2.41. The van der Waals surface area contributed by atoms with Gasteiger partial charge in [-0.05, 0) is 31.4 Å². The summed E-state index contributed by atoms with van der Waals surface area (Å²) in [4.78, 5) is 30.5. The first kappa shape index (κ1) is 15.9. The second-order valence-electron chi connectivity index (χ2n) is 5.89. The number of aromatic nitrogens is 1. The molecule has 6 heteroatoms. The lowest BCUT2D eigenvalue weighted by Gasteiger charge is -2.19. The number of nitrogens with one attached hydrogen (secondary N) is 1. The first-order valence-electron chi connectivity index (χ1n) is 7.93. The maximum atomic E-state index is 12.5. The Balaban J connectivity index is 1.73. The van der Waals surface area contributed by atoms with Crippen LogP contribution in [-0.2, 0) is 4.79 Å². The number of pyridine rings is 1. The van der Waals surface area contributed by atoms with Gasteiger partial charge in [0.1, 0.15) is 6.04 Å². The number of carbonyl (C=O) groups excluding carboxylic acids is 2. The molecule has 0 aliphatic carbocycles. The van der Waals surface area contributed by atoms with Gasteiger partial charge in [0.15, 0.2) is 0 Å². The second kappa shape index (κ2) is 6.67. The highest BCUT2D eigenvalue weighted by Gasteiger charge is 2.28. The molecule has 2 amide bonds. The molecule has 0 spiro atoms. The predicted molar refractivity (Wildman–Crippen MR) is 89.2 cm³/mol. The number of hydrogen-bond acceptors (Lipinski definition) is 4. The Kier molecular flexibility index (Phi) is 4.43. The van der Waals surface area contributed by atoms with Crippen molar-refractivity contribution in [2.24, 2.45) is 0 Å². The minimum atomic E-state index is -0.376. The summed E-state index contributed by atoms with van der Waals surface area (Å²) in [6, 6.07) is 9.06. The highest BCUT2D eigenvalue weighted by Crippen LogP contribution is 2.20. The van der Waals surface area contributed by atoms with Gasteiger partial charge >= 0.3 is 0 Å². The zero-order valence-corrected chi connectivity index (χ0v) is 13.5. The van der Waals surface area contributed by atoms with E-state index in [0.717, 1.165) is 22.9 Å². The summed E-state index contributed by atoms with van der Waals surface area (Å²) >= 11 is 0. The van der Waals surface area contributed by atoms with Gasteiger partial charge in [-0.2, -0.15) is 5.26 Å². The van der Waals surface area contributed by atoms with Gasteiger partial charge < -0.3 is 10.2 Å². The van der Waals surface area contributed by atoms with E-state index in [0.29, 0.717) is 18.5 Å². The molecule has 1 N–H and O–H groups in total. The van der Waals surface area contributed by atoms with Gasteiger partial charge in [0, 0.05) is 18.1 Å². The van der Waals surface area contributed by atoms with Gasteiger partial charge in [-0.25, -0.2) is 0 Å². The van der Waals surface area contributed by atoms with Crippen molar-refractivity contribution in [3.05, 3.63) is 41.6 Å². The normalized spacial score (nSPS) is 16.8. The molecule has 6 nitrogen and oxygen atoms in total. The number of fused-ring (bicyclic) bond motifs is 1.